The number of nitrogens with zero attached hydrogens (tertiary/aromatic N) is 4. The number of aromatic nitrogens is 4. The van der Waals surface area contributed by atoms with Gasteiger partial charge in [0.1, 0.15) is 11.8 Å². The summed E-state index contributed by atoms with van der Waals surface area (Å²) < 4.78 is 17.9. The van der Waals surface area contributed by atoms with Gasteiger partial charge in [0.15, 0.2) is 36.0 Å². The zero-order valence-corrected chi connectivity index (χ0v) is 15.5. The Morgan fingerprint density at radius 2 is 1.86 bits per heavy atom. The number of hydrogen-bond acceptors (Lipinski definition) is 10. The van der Waals surface area contributed by atoms with Crippen LogP contribution in [-0.4, -0.2) is 62.2 Å². The Balaban J connectivity index is 2.06. The van der Waals surface area contributed by atoms with Crippen molar-refractivity contribution in [2.45, 2.75) is 45.3 Å². The summed E-state index contributed by atoms with van der Waals surface area (Å²) in [6, 6.07) is 0. The lowest BCUT2D eigenvalue weighted by atomic mass is 10.1. The highest BCUT2D eigenvalue weighted by atomic mass is 16.6. The number of rotatable bonds is 5. The minimum absolute atomic E-state index is 0.155. The van der Waals surface area contributed by atoms with Crippen LogP contribution in [0.25, 0.3) is 11.2 Å². The van der Waals surface area contributed by atoms with E-state index in [0.29, 0.717) is 17.7 Å². The highest BCUT2D eigenvalue weighted by Crippen LogP contribution is 2.36. The van der Waals surface area contributed by atoms with Gasteiger partial charge < -0.3 is 25.3 Å². The SMILES string of the molecule is CCNC(=O)[C@H]1O[C@@H](n2cnc3c(N)ncnc32)[C@@H](OC(C)=O)C1OC(C)=O. The highest BCUT2D eigenvalue weighted by Gasteiger charge is 2.53. The number of nitrogens with one attached hydrogen (secondary N) is 1. The summed E-state index contributed by atoms with van der Waals surface area (Å²) in [4.78, 5) is 47.9. The molecule has 0 aliphatic carbocycles. The van der Waals surface area contributed by atoms with Crippen molar-refractivity contribution in [2.75, 3.05) is 12.3 Å². The van der Waals surface area contributed by atoms with Crippen molar-refractivity contribution in [1.29, 1.82) is 0 Å². The second kappa shape index (κ2) is 7.76. The molecular weight excluding hydrogens is 372 g/mol. The number of ether oxygens (including phenoxy) is 3. The summed E-state index contributed by atoms with van der Waals surface area (Å²) in [5, 5.41) is 2.61. The molecule has 0 radical (unpaired) electrons. The number of nitrogens with two attached hydrogens (primary N) is 1. The lowest BCUT2D eigenvalue weighted by Gasteiger charge is -2.23. The molecule has 3 rings (SSSR count). The van der Waals surface area contributed by atoms with E-state index in [1.54, 1.807) is 6.92 Å². The van der Waals surface area contributed by atoms with Gasteiger partial charge in [0.25, 0.3) is 5.91 Å². The monoisotopic (exact) mass is 392 g/mol. The van der Waals surface area contributed by atoms with Crippen molar-refractivity contribution in [3.63, 3.8) is 0 Å². The third-order valence-corrected chi connectivity index (χ3v) is 4.06. The van der Waals surface area contributed by atoms with Crippen LogP contribution >= 0.6 is 0 Å². The number of hydrogen-bond donors (Lipinski definition) is 2. The maximum atomic E-state index is 12.5. The minimum atomic E-state index is -1.20. The van der Waals surface area contributed by atoms with Gasteiger partial charge in [-0.25, -0.2) is 15.0 Å². The van der Waals surface area contributed by atoms with E-state index in [2.05, 4.69) is 20.3 Å². The first-order chi connectivity index (χ1) is 13.3. The molecule has 2 aromatic rings. The van der Waals surface area contributed by atoms with Crippen LogP contribution in [0.4, 0.5) is 5.82 Å². The van der Waals surface area contributed by atoms with E-state index in [9.17, 15) is 14.4 Å². The standard InChI is InChI=1S/C16H20N6O6/c1-4-18-15(25)11-10(26-7(2)23)12(27-8(3)24)16(28-11)22-6-21-9-13(17)19-5-20-14(9)22/h5-6,10-12,16H,4H2,1-3H3,(H,18,25)(H2,17,19,20)/t10?,11-,12-,16+/m0/s1. The van der Waals surface area contributed by atoms with Crippen LogP contribution in [0.5, 0.6) is 0 Å². The number of anilines is 1. The van der Waals surface area contributed by atoms with Crippen LogP contribution in [-0.2, 0) is 28.6 Å². The zero-order valence-electron chi connectivity index (χ0n) is 15.5. The van der Waals surface area contributed by atoms with Crippen molar-refractivity contribution >= 4 is 34.8 Å². The van der Waals surface area contributed by atoms with Crippen molar-refractivity contribution < 1.29 is 28.6 Å². The van der Waals surface area contributed by atoms with Gasteiger partial charge in [0, 0.05) is 20.4 Å². The quantitative estimate of drug-likeness (QED) is 0.623. The molecule has 0 spiro atoms. The van der Waals surface area contributed by atoms with Gasteiger partial charge in [0.2, 0.25) is 0 Å². The second-order valence-corrected chi connectivity index (χ2v) is 6.07. The van der Waals surface area contributed by atoms with Crippen LogP contribution in [0.15, 0.2) is 12.7 Å². The fraction of sp³-hybridized carbons (Fsp3) is 0.500. The van der Waals surface area contributed by atoms with Gasteiger partial charge in [0.05, 0.1) is 6.33 Å². The van der Waals surface area contributed by atoms with Crippen LogP contribution in [0.1, 0.15) is 27.0 Å². The van der Waals surface area contributed by atoms with Crippen LogP contribution in [0, 0.1) is 0 Å². The summed E-state index contributed by atoms with van der Waals surface area (Å²) in [7, 11) is 0. The third kappa shape index (κ3) is 3.58. The smallest absolute Gasteiger partial charge is 0.303 e. The number of nitrogen functional groups attached to an aromatic ring is 1. The van der Waals surface area contributed by atoms with E-state index in [4.69, 9.17) is 19.9 Å². The normalized spacial score (nSPS) is 24.1. The maximum Gasteiger partial charge on any atom is 0.303 e. The van der Waals surface area contributed by atoms with E-state index >= 15 is 0 Å². The van der Waals surface area contributed by atoms with Gasteiger partial charge in [-0.2, -0.15) is 0 Å². The van der Waals surface area contributed by atoms with E-state index in [0.717, 1.165) is 0 Å². The molecule has 4 atom stereocenters. The molecule has 28 heavy (non-hydrogen) atoms. The van der Waals surface area contributed by atoms with E-state index < -0.39 is 42.4 Å². The number of esters is 2. The fourth-order valence-electron chi connectivity index (χ4n) is 3.04. The number of amides is 1. The molecule has 1 fully saturated rings. The molecule has 1 aliphatic heterocycles. The van der Waals surface area contributed by atoms with Gasteiger partial charge in [-0.1, -0.05) is 0 Å². The largest absolute Gasteiger partial charge is 0.455 e. The number of likely N-dealkylation sites (N-methyl/N-ethyl adjacent to an activating group) is 1. The molecule has 0 saturated carbocycles. The van der Waals surface area contributed by atoms with Gasteiger partial charge in [-0.3, -0.25) is 19.0 Å². The van der Waals surface area contributed by atoms with Crippen molar-refractivity contribution in [3.8, 4) is 0 Å². The molecule has 2 aromatic heterocycles. The average molecular weight is 392 g/mol. The number of carbonyl (C=O) groups is 3. The molecule has 3 N–H and O–H groups in total. The number of carbonyl (C=O) groups excluding carboxylic acids is 3. The first kappa shape index (κ1) is 19.5. The zero-order chi connectivity index (χ0) is 20.4. The molecule has 1 amide bonds. The summed E-state index contributed by atoms with van der Waals surface area (Å²) >= 11 is 0. The van der Waals surface area contributed by atoms with Crippen molar-refractivity contribution in [3.05, 3.63) is 12.7 Å². The lowest BCUT2D eigenvalue weighted by Crippen LogP contribution is -2.45. The summed E-state index contributed by atoms with van der Waals surface area (Å²) in [6.45, 7) is 4.46. The summed E-state index contributed by atoms with van der Waals surface area (Å²) in [6.07, 6.45) is -1.87. The summed E-state index contributed by atoms with van der Waals surface area (Å²) in [5.41, 5.74) is 6.44. The second-order valence-electron chi connectivity index (χ2n) is 6.07. The Morgan fingerprint density at radius 1 is 1.18 bits per heavy atom. The highest BCUT2D eigenvalue weighted by molar-refractivity contribution is 5.83. The number of fused-ring (bicyclic) bond motifs is 1. The van der Waals surface area contributed by atoms with Crippen molar-refractivity contribution in [2.24, 2.45) is 0 Å². The molecule has 12 heteroatoms. The van der Waals surface area contributed by atoms with Gasteiger partial charge >= 0.3 is 11.9 Å². The van der Waals surface area contributed by atoms with Crippen molar-refractivity contribution in [1.82, 2.24) is 24.8 Å². The first-order valence-corrected chi connectivity index (χ1v) is 8.54. The van der Waals surface area contributed by atoms with Gasteiger partial charge in [-0.05, 0) is 6.92 Å². The Labute approximate surface area is 159 Å². The molecule has 150 valence electrons. The third-order valence-electron chi connectivity index (χ3n) is 4.06. The van der Waals surface area contributed by atoms with E-state index in [1.165, 1.54) is 31.1 Å². The van der Waals surface area contributed by atoms with E-state index in [-0.39, 0.29) is 5.82 Å². The summed E-state index contributed by atoms with van der Waals surface area (Å²) in [5.74, 6) is -1.64. The Hall–Kier alpha value is -3.28. The molecule has 1 saturated heterocycles. The van der Waals surface area contributed by atoms with Crippen LogP contribution in [0.2, 0.25) is 0 Å². The lowest BCUT2D eigenvalue weighted by molar-refractivity contribution is -0.166. The predicted octanol–water partition coefficient (Wildman–Crippen LogP) is -0.695. The molecule has 3 heterocycles. The topological polar surface area (TPSA) is 161 Å². The molecule has 1 unspecified atom stereocenters. The Morgan fingerprint density at radius 3 is 2.50 bits per heavy atom. The van der Waals surface area contributed by atoms with Crippen LogP contribution < -0.4 is 11.1 Å². The molecular formula is C16H20N6O6. The maximum absolute atomic E-state index is 12.5. The number of imidazole rings is 1. The Bertz CT molecular complexity index is 914. The molecule has 0 bridgehead atoms. The average Bonchev–Trinajstić information content (AvgIpc) is 3.18. The van der Waals surface area contributed by atoms with E-state index in [1.807, 2.05) is 0 Å². The molecule has 1 aliphatic rings. The predicted molar refractivity (Wildman–Crippen MR) is 93.4 cm³/mol. The van der Waals surface area contributed by atoms with Crippen LogP contribution in [0.3, 0.4) is 0 Å². The first-order valence-electron chi connectivity index (χ1n) is 8.54. The molecule has 12 nitrogen and oxygen atoms in total. The fourth-order valence-corrected chi connectivity index (χ4v) is 3.04. The Kier molecular flexibility index (Phi) is 5.40. The van der Waals surface area contributed by atoms with Gasteiger partial charge in [-0.15, -0.1) is 0 Å². The molecule has 0 aromatic carbocycles. The minimum Gasteiger partial charge on any atom is -0.455 e.